The maximum atomic E-state index is 12.6. The van der Waals surface area contributed by atoms with Gasteiger partial charge in [0.2, 0.25) is 0 Å². The van der Waals surface area contributed by atoms with Crippen molar-refractivity contribution in [1.29, 1.82) is 0 Å². The molecule has 12 heteroatoms. The zero-order valence-corrected chi connectivity index (χ0v) is 19.5. The first-order valence-corrected chi connectivity index (χ1v) is 12.4. The Morgan fingerprint density at radius 3 is 2.00 bits per heavy atom. The van der Waals surface area contributed by atoms with Crippen LogP contribution in [-0.2, 0) is 11.2 Å². The van der Waals surface area contributed by atoms with Crippen LogP contribution in [0.25, 0.3) is 0 Å². The number of aliphatic carboxylic acids is 1. The van der Waals surface area contributed by atoms with Crippen LogP contribution < -0.4 is 14.7 Å². The molecule has 1 atom stereocenters. The molecule has 0 radical (unpaired) electrons. The van der Waals surface area contributed by atoms with Crippen molar-refractivity contribution in [3.8, 4) is 5.75 Å². The third-order valence-corrected chi connectivity index (χ3v) is 5.27. The molecule has 0 aliphatic heterocycles. The summed E-state index contributed by atoms with van der Waals surface area (Å²) in [6.07, 6.45) is -0.0153. The van der Waals surface area contributed by atoms with Gasteiger partial charge in [0, 0.05) is 30.5 Å². The van der Waals surface area contributed by atoms with E-state index in [1.165, 1.54) is 24.3 Å². The van der Waals surface area contributed by atoms with Crippen LogP contribution in [0.15, 0.2) is 48.5 Å². The average molecular weight is 507 g/mol. The molecule has 5 N–H and O–H groups in total. The fraction of sp³-hybridized carbons (Fsp3) is 0.300. The third kappa shape index (κ3) is 8.43. The molecule has 0 aliphatic carbocycles. The number of anilines is 1. The summed E-state index contributed by atoms with van der Waals surface area (Å²) in [5.74, 6) is -0.883. The van der Waals surface area contributed by atoms with Crippen molar-refractivity contribution >= 4 is 48.9 Å². The molecule has 2 aromatic carbocycles. The molecular formula is C20H25Cl2N2O7P. The second-order valence-electron chi connectivity index (χ2n) is 6.80. The summed E-state index contributed by atoms with van der Waals surface area (Å²) in [6.45, 7) is 1.20. The van der Waals surface area contributed by atoms with E-state index in [0.29, 0.717) is 36.0 Å². The predicted molar refractivity (Wildman–Crippen MR) is 125 cm³/mol. The van der Waals surface area contributed by atoms with E-state index in [1.54, 1.807) is 24.3 Å². The van der Waals surface area contributed by atoms with Gasteiger partial charge in [-0.25, -0.2) is 0 Å². The van der Waals surface area contributed by atoms with Crippen molar-refractivity contribution in [3.63, 3.8) is 0 Å². The van der Waals surface area contributed by atoms with Gasteiger partial charge in [0.1, 0.15) is 0 Å². The summed E-state index contributed by atoms with van der Waals surface area (Å²) in [6, 6.07) is 11.2. The number of hydrogen-bond donors (Lipinski definition) is 5. The summed E-state index contributed by atoms with van der Waals surface area (Å²) >= 11 is 11.6. The number of carboxylic acid groups (broad SMARTS) is 1. The molecular weight excluding hydrogens is 482 g/mol. The summed E-state index contributed by atoms with van der Waals surface area (Å²) in [5, 5.41) is 12.0. The Bertz CT molecular complexity index is 886. The molecule has 0 spiro atoms. The first-order valence-electron chi connectivity index (χ1n) is 9.58. The van der Waals surface area contributed by atoms with Crippen molar-refractivity contribution in [2.45, 2.75) is 12.5 Å². The van der Waals surface area contributed by atoms with Gasteiger partial charge in [0.15, 0.2) is 0 Å². The van der Waals surface area contributed by atoms with E-state index in [0.717, 1.165) is 5.69 Å². The number of carbonyl (C=O) groups excluding carboxylic acids is 1. The number of carbonyl (C=O) groups is 2. The van der Waals surface area contributed by atoms with Gasteiger partial charge >= 0.3 is 137 Å². The molecule has 0 saturated heterocycles. The third-order valence-electron chi connectivity index (χ3n) is 4.42. The van der Waals surface area contributed by atoms with Gasteiger partial charge in [0.05, 0.1) is 0 Å². The topological polar surface area (TPSA) is 140 Å². The molecule has 1 amide bonds. The van der Waals surface area contributed by atoms with Gasteiger partial charge in [-0.05, 0) is 0 Å². The number of carboxylic acids is 1. The van der Waals surface area contributed by atoms with Crippen LogP contribution in [0.5, 0.6) is 5.75 Å². The van der Waals surface area contributed by atoms with Crippen molar-refractivity contribution < 1.29 is 33.9 Å². The molecule has 0 bridgehead atoms. The molecule has 176 valence electrons. The number of halogens is 2. The quantitative estimate of drug-likeness (QED) is 0.218. The SMILES string of the molecule is O=C(N[C@H](Cc1ccc(O[PH](O)(O)O)cc1)C(=O)O)c1ccc(N(CCCl)CCCl)cc1. The van der Waals surface area contributed by atoms with Gasteiger partial charge in [-0.3, -0.25) is 0 Å². The summed E-state index contributed by atoms with van der Waals surface area (Å²) in [5.41, 5.74) is 1.70. The maximum absolute atomic E-state index is 12.6. The number of amides is 1. The van der Waals surface area contributed by atoms with Crippen LogP contribution in [0.4, 0.5) is 5.69 Å². The molecule has 2 rings (SSSR count). The number of nitrogens with one attached hydrogen (secondary N) is 1. The summed E-state index contributed by atoms with van der Waals surface area (Å²) in [7, 11) is -4.71. The fourth-order valence-electron chi connectivity index (χ4n) is 2.93. The van der Waals surface area contributed by atoms with Gasteiger partial charge in [0.25, 0.3) is 0 Å². The Hall–Kier alpha value is -2.13. The molecule has 0 heterocycles. The molecule has 0 fully saturated rings. The van der Waals surface area contributed by atoms with Gasteiger partial charge in [-0.15, -0.1) is 23.2 Å². The minimum absolute atomic E-state index is 0.0151. The van der Waals surface area contributed by atoms with E-state index in [4.69, 9.17) is 37.9 Å². The van der Waals surface area contributed by atoms with E-state index in [1.807, 2.05) is 4.90 Å². The van der Waals surface area contributed by atoms with E-state index < -0.39 is 26.1 Å². The van der Waals surface area contributed by atoms with Gasteiger partial charge in [-0.1, -0.05) is 0 Å². The number of hydrogen-bond acceptors (Lipinski definition) is 7. The Balaban J connectivity index is 2.04. The molecule has 9 nitrogen and oxygen atoms in total. The number of nitrogens with zero attached hydrogens (tertiary/aromatic N) is 1. The van der Waals surface area contributed by atoms with E-state index in [9.17, 15) is 14.7 Å². The Kier molecular flexibility index (Phi) is 9.96. The molecule has 0 unspecified atom stereocenters. The molecule has 0 aliphatic rings. The zero-order valence-electron chi connectivity index (χ0n) is 16.9. The summed E-state index contributed by atoms with van der Waals surface area (Å²) in [4.78, 5) is 53.1. The number of rotatable bonds is 12. The molecule has 32 heavy (non-hydrogen) atoms. The first-order chi connectivity index (χ1) is 15.1. The van der Waals surface area contributed by atoms with Crippen LogP contribution in [0.2, 0.25) is 0 Å². The van der Waals surface area contributed by atoms with E-state index >= 15 is 0 Å². The van der Waals surface area contributed by atoms with E-state index in [-0.39, 0.29) is 12.2 Å². The van der Waals surface area contributed by atoms with Crippen molar-refractivity contribution in [3.05, 3.63) is 59.7 Å². The Morgan fingerprint density at radius 1 is 0.969 bits per heavy atom. The second kappa shape index (κ2) is 12.2. The normalized spacial score (nSPS) is 12.7. The number of alkyl halides is 2. The zero-order chi connectivity index (χ0) is 23.7. The minimum atomic E-state index is -4.71. The molecule has 0 saturated carbocycles. The van der Waals surface area contributed by atoms with Crippen molar-refractivity contribution in [1.82, 2.24) is 5.32 Å². The van der Waals surface area contributed by atoms with Crippen molar-refractivity contribution in [2.24, 2.45) is 0 Å². The van der Waals surface area contributed by atoms with Gasteiger partial charge in [-0.2, -0.15) is 0 Å². The predicted octanol–water partition coefficient (Wildman–Crippen LogP) is 2.16. The fourth-order valence-corrected chi connectivity index (χ4v) is 3.79. The van der Waals surface area contributed by atoms with Crippen LogP contribution in [0.1, 0.15) is 15.9 Å². The molecule has 0 aromatic heterocycles. The number of benzene rings is 2. The molecule has 2 aromatic rings. The van der Waals surface area contributed by atoms with Gasteiger partial charge < -0.3 is 4.90 Å². The van der Waals surface area contributed by atoms with Crippen LogP contribution in [0, 0.1) is 0 Å². The van der Waals surface area contributed by atoms with Crippen LogP contribution in [0.3, 0.4) is 0 Å². The van der Waals surface area contributed by atoms with Crippen LogP contribution in [-0.4, -0.2) is 62.6 Å². The van der Waals surface area contributed by atoms with Crippen LogP contribution >= 0.6 is 31.4 Å². The Labute approximate surface area is 195 Å². The monoisotopic (exact) mass is 506 g/mol. The first kappa shape index (κ1) is 26.1. The standard InChI is InChI=1S/C20H25Cl2N2O7P/c21-9-11-24(12-10-22)16-5-3-15(4-6-16)19(25)23-18(20(26)27)13-14-1-7-17(8-2-14)31-32(28,29)30/h1-8,18,28-30,32H,9-13H2,(H,23,25)(H,26,27)/t18-/m1/s1. The second-order valence-corrected chi connectivity index (χ2v) is 8.91. The van der Waals surface area contributed by atoms with Crippen molar-refractivity contribution in [2.75, 3.05) is 29.7 Å². The van der Waals surface area contributed by atoms with E-state index in [2.05, 4.69) is 9.84 Å². The average Bonchev–Trinajstić information content (AvgIpc) is 2.73. The summed E-state index contributed by atoms with van der Waals surface area (Å²) < 4.78 is 4.59. The Morgan fingerprint density at radius 2 is 1.53 bits per heavy atom.